The fourth-order valence-electron chi connectivity index (χ4n) is 1.46. The molecule has 0 fully saturated rings. The molecule has 102 valence electrons. The Kier molecular flexibility index (Phi) is 4.76. The molecule has 2 rings (SSSR count). The Labute approximate surface area is 115 Å². The van der Waals surface area contributed by atoms with E-state index in [1.54, 1.807) is 0 Å². The molecule has 6 heteroatoms. The largest absolute Gasteiger partial charge is 0.417 e. The lowest BCUT2D eigenvalue weighted by Crippen LogP contribution is -2.13. The Balaban J connectivity index is 1.99. The normalized spacial score (nSPS) is 10.7. The van der Waals surface area contributed by atoms with Crippen molar-refractivity contribution in [3.8, 4) is 11.8 Å². The Morgan fingerprint density at radius 2 is 2.32 bits per heavy atom. The van der Waals surface area contributed by atoms with E-state index in [-0.39, 0.29) is 11.1 Å². The van der Waals surface area contributed by atoms with E-state index in [1.165, 1.54) is 24.5 Å². The summed E-state index contributed by atoms with van der Waals surface area (Å²) in [5.41, 5.74) is 0.738. The maximum atomic E-state index is 12.9. The van der Waals surface area contributed by atoms with Crippen molar-refractivity contribution in [2.75, 3.05) is 6.54 Å². The first-order valence-electron chi connectivity index (χ1n) is 5.97. The van der Waals surface area contributed by atoms with Crippen molar-refractivity contribution in [2.24, 2.45) is 0 Å². The lowest BCUT2D eigenvalue weighted by Gasteiger charge is -2.02. The zero-order chi connectivity index (χ0) is 13.7. The summed E-state index contributed by atoms with van der Waals surface area (Å²) in [6, 6.07) is 3.86. The number of benzene rings is 1. The summed E-state index contributed by atoms with van der Waals surface area (Å²) in [5, 5.41) is 3.36. The minimum Gasteiger partial charge on any atom is -0.417 e. The summed E-state index contributed by atoms with van der Waals surface area (Å²) in [5.74, 6) is -0.118. The molecule has 4 nitrogen and oxygen atoms in total. The van der Waals surface area contributed by atoms with Gasteiger partial charge >= 0.3 is 6.08 Å². The SMILES string of the molecule is CCCNCc1coc(Oc2ccc(F)cc2Cl)n1. The number of hydrogen-bond acceptors (Lipinski definition) is 4. The van der Waals surface area contributed by atoms with E-state index in [0.717, 1.165) is 18.7 Å². The van der Waals surface area contributed by atoms with Gasteiger partial charge in [0.15, 0.2) is 5.75 Å². The van der Waals surface area contributed by atoms with Crippen LogP contribution in [0.3, 0.4) is 0 Å². The van der Waals surface area contributed by atoms with E-state index >= 15 is 0 Å². The predicted octanol–water partition coefficient (Wildman–Crippen LogP) is 3.76. The number of nitrogens with one attached hydrogen (secondary N) is 1. The van der Waals surface area contributed by atoms with Gasteiger partial charge in [0.25, 0.3) is 0 Å². The number of aromatic nitrogens is 1. The second kappa shape index (κ2) is 6.54. The second-order valence-electron chi connectivity index (χ2n) is 3.96. The van der Waals surface area contributed by atoms with Gasteiger partial charge < -0.3 is 14.5 Å². The van der Waals surface area contributed by atoms with Crippen LogP contribution in [0.2, 0.25) is 5.02 Å². The van der Waals surface area contributed by atoms with E-state index < -0.39 is 5.82 Å². The molecule has 1 heterocycles. The Morgan fingerprint density at radius 3 is 3.05 bits per heavy atom. The molecule has 0 unspecified atom stereocenters. The average Bonchev–Trinajstić information content (AvgIpc) is 2.81. The van der Waals surface area contributed by atoms with E-state index in [2.05, 4.69) is 17.2 Å². The van der Waals surface area contributed by atoms with Gasteiger partial charge in [-0.05, 0) is 31.2 Å². The molecular formula is C13H14ClFN2O2. The molecule has 0 spiro atoms. The first kappa shape index (κ1) is 13.8. The fraction of sp³-hybridized carbons (Fsp3) is 0.308. The Bertz CT molecular complexity index is 545. The van der Waals surface area contributed by atoms with Crippen LogP contribution in [0.25, 0.3) is 0 Å². The third-order valence-corrected chi connectivity index (χ3v) is 2.65. The monoisotopic (exact) mass is 284 g/mol. The van der Waals surface area contributed by atoms with Gasteiger partial charge in [-0.1, -0.05) is 18.5 Å². The summed E-state index contributed by atoms with van der Waals surface area (Å²) in [7, 11) is 0. The second-order valence-corrected chi connectivity index (χ2v) is 4.37. The molecule has 0 aliphatic carbocycles. The molecule has 0 atom stereocenters. The van der Waals surface area contributed by atoms with Crippen molar-refractivity contribution >= 4 is 11.6 Å². The van der Waals surface area contributed by atoms with Crippen LogP contribution in [0.5, 0.6) is 11.8 Å². The Hall–Kier alpha value is -1.59. The number of oxazole rings is 1. The van der Waals surface area contributed by atoms with Crippen molar-refractivity contribution in [1.82, 2.24) is 10.3 Å². The van der Waals surface area contributed by atoms with Crippen LogP contribution >= 0.6 is 11.6 Å². The molecule has 0 radical (unpaired) electrons. The topological polar surface area (TPSA) is 47.3 Å². The maximum Gasteiger partial charge on any atom is 0.399 e. The van der Waals surface area contributed by atoms with Gasteiger partial charge in [0, 0.05) is 6.54 Å². The number of ether oxygens (including phenoxy) is 1. The van der Waals surface area contributed by atoms with Crippen LogP contribution < -0.4 is 10.1 Å². The summed E-state index contributed by atoms with van der Waals surface area (Å²) >= 11 is 5.84. The molecule has 0 saturated carbocycles. The Morgan fingerprint density at radius 1 is 1.47 bits per heavy atom. The van der Waals surface area contributed by atoms with E-state index in [1.807, 2.05) is 0 Å². The lowest BCUT2D eigenvalue weighted by atomic mass is 10.3. The minimum atomic E-state index is -0.422. The van der Waals surface area contributed by atoms with Gasteiger partial charge in [0.1, 0.15) is 12.1 Å². The molecule has 0 bridgehead atoms. The molecule has 2 aromatic rings. The smallest absolute Gasteiger partial charge is 0.399 e. The maximum absolute atomic E-state index is 12.9. The predicted molar refractivity (Wildman–Crippen MR) is 70.0 cm³/mol. The quantitative estimate of drug-likeness (QED) is 0.821. The molecule has 1 aromatic heterocycles. The van der Waals surface area contributed by atoms with Crippen LogP contribution in [0.15, 0.2) is 28.9 Å². The molecule has 0 aliphatic rings. The lowest BCUT2D eigenvalue weighted by molar-refractivity contribution is 0.330. The van der Waals surface area contributed by atoms with Gasteiger partial charge in [-0.15, -0.1) is 0 Å². The van der Waals surface area contributed by atoms with E-state index in [0.29, 0.717) is 12.3 Å². The standard InChI is InChI=1S/C13H14ClFN2O2/c1-2-5-16-7-10-8-18-13(17-10)19-12-4-3-9(15)6-11(12)14/h3-4,6,8,16H,2,5,7H2,1H3. The minimum absolute atomic E-state index is 0.0850. The molecule has 1 N–H and O–H groups in total. The van der Waals surface area contributed by atoms with Gasteiger partial charge in [0.2, 0.25) is 0 Å². The zero-order valence-electron chi connectivity index (χ0n) is 10.5. The highest BCUT2D eigenvalue weighted by molar-refractivity contribution is 6.32. The molecule has 0 saturated heterocycles. The number of hydrogen-bond donors (Lipinski definition) is 1. The van der Waals surface area contributed by atoms with Gasteiger partial charge in [-0.25, -0.2) is 4.39 Å². The van der Waals surface area contributed by atoms with Crippen LogP contribution in [0.1, 0.15) is 19.0 Å². The van der Waals surface area contributed by atoms with Crippen molar-refractivity contribution in [2.45, 2.75) is 19.9 Å². The van der Waals surface area contributed by atoms with Crippen LogP contribution in [-0.2, 0) is 6.54 Å². The number of rotatable bonds is 6. The summed E-state index contributed by atoms with van der Waals surface area (Å²) < 4.78 is 23.4. The highest BCUT2D eigenvalue weighted by Crippen LogP contribution is 2.29. The third-order valence-electron chi connectivity index (χ3n) is 2.35. The highest BCUT2D eigenvalue weighted by atomic mass is 35.5. The van der Waals surface area contributed by atoms with Crippen molar-refractivity contribution in [3.63, 3.8) is 0 Å². The van der Waals surface area contributed by atoms with Crippen LogP contribution in [-0.4, -0.2) is 11.5 Å². The number of halogens is 2. The summed E-state index contributed by atoms with van der Waals surface area (Å²) in [6.07, 6.45) is 2.64. The highest BCUT2D eigenvalue weighted by Gasteiger charge is 2.09. The van der Waals surface area contributed by atoms with Crippen LogP contribution in [0.4, 0.5) is 4.39 Å². The van der Waals surface area contributed by atoms with E-state index in [9.17, 15) is 4.39 Å². The van der Waals surface area contributed by atoms with Gasteiger partial charge in [-0.2, -0.15) is 4.98 Å². The molecule has 1 aromatic carbocycles. The zero-order valence-corrected chi connectivity index (χ0v) is 11.2. The van der Waals surface area contributed by atoms with E-state index in [4.69, 9.17) is 20.8 Å². The molecule has 0 amide bonds. The summed E-state index contributed by atoms with van der Waals surface area (Å²) in [6.45, 7) is 3.60. The van der Waals surface area contributed by atoms with Gasteiger partial charge in [0.05, 0.1) is 10.7 Å². The van der Waals surface area contributed by atoms with Gasteiger partial charge in [-0.3, -0.25) is 0 Å². The third kappa shape index (κ3) is 3.94. The summed E-state index contributed by atoms with van der Waals surface area (Å²) in [4.78, 5) is 4.14. The fourth-order valence-corrected chi connectivity index (χ4v) is 1.67. The van der Waals surface area contributed by atoms with Crippen molar-refractivity contribution < 1.29 is 13.5 Å². The molecule has 0 aliphatic heterocycles. The van der Waals surface area contributed by atoms with Crippen molar-refractivity contribution in [1.29, 1.82) is 0 Å². The first-order chi connectivity index (χ1) is 9.19. The number of nitrogens with zero attached hydrogens (tertiary/aromatic N) is 1. The molecular weight excluding hydrogens is 271 g/mol. The van der Waals surface area contributed by atoms with Crippen molar-refractivity contribution in [3.05, 3.63) is 41.0 Å². The first-order valence-corrected chi connectivity index (χ1v) is 6.35. The van der Waals surface area contributed by atoms with Crippen LogP contribution in [0, 0.1) is 5.82 Å². The molecule has 19 heavy (non-hydrogen) atoms. The average molecular weight is 285 g/mol.